The second-order valence-corrected chi connectivity index (χ2v) is 9.85. The van der Waals surface area contributed by atoms with Crippen LogP contribution in [-0.2, 0) is 19.6 Å². The van der Waals surface area contributed by atoms with Gasteiger partial charge in [0.15, 0.2) is 4.91 Å². The van der Waals surface area contributed by atoms with E-state index in [1.54, 1.807) is 73.7 Å². The molecule has 0 saturated carbocycles. The second kappa shape index (κ2) is 9.32. The molecule has 3 aromatic carbocycles. The van der Waals surface area contributed by atoms with E-state index in [0.717, 1.165) is 0 Å². The van der Waals surface area contributed by atoms with Crippen molar-refractivity contribution in [2.75, 3.05) is 21.5 Å². The molecule has 1 heterocycles. The van der Waals surface area contributed by atoms with E-state index in [1.165, 1.54) is 11.2 Å². The van der Waals surface area contributed by atoms with Gasteiger partial charge in [-0.2, -0.15) is 0 Å². The zero-order chi connectivity index (χ0) is 24.5. The number of halogens is 1. The van der Waals surface area contributed by atoms with E-state index < -0.39 is 15.9 Å². The quantitative estimate of drug-likeness (QED) is 0.528. The minimum atomic E-state index is -4.20. The molecule has 0 atom stereocenters. The zero-order valence-corrected chi connectivity index (χ0v) is 20.1. The number of fused-ring (bicyclic) bond motifs is 1. The summed E-state index contributed by atoms with van der Waals surface area (Å²) in [6, 6.07) is 20.3. The number of rotatable bonds is 5. The van der Waals surface area contributed by atoms with Crippen LogP contribution in [0.3, 0.4) is 0 Å². The first kappa shape index (κ1) is 23.5. The highest BCUT2D eigenvalue weighted by atomic mass is 35.5. The van der Waals surface area contributed by atoms with Crippen molar-refractivity contribution < 1.29 is 18.0 Å². The molecule has 0 saturated heterocycles. The van der Waals surface area contributed by atoms with E-state index in [-0.39, 0.29) is 22.9 Å². The number of nitrogens with zero attached hydrogens (tertiary/aromatic N) is 1. The maximum Gasteiger partial charge on any atom is 0.270 e. The van der Waals surface area contributed by atoms with Gasteiger partial charge in [0.1, 0.15) is 0 Å². The first-order valence-corrected chi connectivity index (χ1v) is 12.4. The molecular weight excluding hydrogens is 474 g/mol. The Morgan fingerprint density at radius 2 is 1.59 bits per heavy atom. The molecule has 3 aromatic rings. The molecule has 1 aliphatic rings. The molecular formula is C25H22ClN3O4S. The molecule has 34 heavy (non-hydrogen) atoms. The molecule has 0 unspecified atom stereocenters. The number of benzene rings is 3. The molecule has 174 valence electrons. The number of anilines is 3. The zero-order valence-electron chi connectivity index (χ0n) is 18.5. The van der Waals surface area contributed by atoms with Crippen LogP contribution in [-0.4, -0.2) is 26.8 Å². The van der Waals surface area contributed by atoms with Crippen molar-refractivity contribution >= 4 is 56.1 Å². The third-order valence-electron chi connectivity index (χ3n) is 5.27. The summed E-state index contributed by atoms with van der Waals surface area (Å²) in [5.41, 5.74) is 2.66. The molecule has 9 heteroatoms. The van der Waals surface area contributed by atoms with Crippen LogP contribution >= 0.6 is 11.6 Å². The highest BCUT2D eigenvalue weighted by Gasteiger charge is 2.40. The molecule has 0 aromatic heterocycles. The van der Waals surface area contributed by atoms with Crippen molar-refractivity contribution in [3.05, 3.63) is 93.9 Å². The van der Waals surface area contributed by atoms with Crippen molar-refractivity contribution in [3.63, 3.8) is 0 Å². The lowest BCUT2D eigenvalue weighted by molar-refractivity contribution is -0.114. The summed E-state index contributed by atoms with van der Waals surface area (Å²) in [6.07, 6.45) is 0. The Kier molecular flexibility index (Phi) is 6.45. The maximum absolute atomic E-state index is 13.7. The van der Waals surface area contributed by atoms with Gasteiger partial charge in [-0.05, 0) is 48.9 Å². The number of sulfonamides is 1. The Labute approximate surface area is 203 Å². The van der Waals surface area contributed by atoms with E-state index in [9.17, 15) is 18.0 Å². The topological polar surface area (TPSA) is 95.6 Å². The molecule has 1 aliphatic heterocycles. The summed E-state index contributed by atoms with van der Waals surface area (Å²) in [6.45, 7) is 3.21. The SMILES string of the molecule is CCN1c2ccc(Cl)cc2C(c2ccccc2)=C(C(=O)Nc2cccc(NC(C)=O)c2)S1(=O)=O. The van der Waals surface area contributed by atoms with Gasteiger partial charge in [-0.15, -0.1) is 0 Å². The van der Waals surface area contributed by atoms with Crippen LogP contribution in [0.1, 0.15) is 25.0 Å². The van der Waals surface area contributed by atoms with Gasteiger partial charge in [0.05, 0.1) is 5.69 Å². The fourth-order valence-corrected chi connectivity index (χ4v) is 5.87. The number of nitrogens with one attached hydrogen (secondary N) is 2. The largest absolute Gasteiger partial charge is 0.326 e. The van der Waals surface area contributed by atoms with Gasteiger partial charge in [0.25, 0.3) is 15.9 Å². The van der Waals surface area contributed by atoms with Gasteiger partial charge < -0.3 is 10.6 Å². The number of hydrogen-bond donors (Lipinski definition) is 2. The lowest BCUT2D eigenvalue weighted by Crippen LogP contribution is -2.39. The lowest BCUT2D eigenvalue weighted by atomic mass is 9.95. The van der Waals surface area contributed by atoms with Gasteiger partial charge in [-0.25, -0.2) is 8.42 Å². The van der Waals surface area contributed by atoms with E-state index in [2.05, 4.69) is 10.6 Å². The smallest absolute Gasteiger partial charge is 0.270 e. The Hall–Kier alpha value is -3.62. The van der Waals surface area contributed by atoms with Crippen LogP contribution in [0.15, 0.2) is 77.7 Å². The van der Waals surface area contributed by atoms with Gasteiger partial charge in [0.2, 0.25) is 5.91 Å². The van der Waals surface area contributed by atoms with Crippen molar-refractivity contribution in [1.82, 2.24) is 0 Å². The van der Waals surface area contributed by atoms with Crippen molar-refractivity contribution in [3.8, 4) is 0 Å². The van der Waals surface area contributed by atoms with Crippen molar-refractivity contribution in [2.45, 2.75) is 13.8 Å². The van der Waals surface area contributed by atoms with Gasteiger partial charge >= 0.3 is 0 Å². The van der Waals surface area contributed by atoms with E-state index in [4.69, 9.17) is 11.6 Å². The van der Waals surface area contributed by atoms with Crippen LogP contribution < -0.4 is 14.9 Å². The maximum atomic E-state index is 13.7. The molecule has 2 N–H and O–H groups in total. The summed E-state index contributed by atoms with van der Waals surface area (Å²) in [5, 5.41) is 5.75. The Balaban J connectivity index is 1.92. The summed E-state index contributed by atoms with van der Waals surface area (Å²) in [4.78, 5) is 24.6. The standard InChI is InChI=1S/C25H22ClN3O4S/c1-3-29-22-13-12-18(26)14-21(22)23(17-8-5-4-6-9-17)24(34(29,32)33)25(31)28-20-11-7-10-19(15-20)27-16(2)30/h4-15H,3H2,1-2H3,(H,27,30)(H,28,31). The van der Waals surface area contributed by atoms with Gasteiger partial charge in [-0.3, -0.25) is 13.9 Å². The van der Waals surface area contributed by atoms with E-state index >= 15 is 0 Å². The molecule has 0 bridgehead atoms. The van der Waals surface area contributed by atoms with Crippen LogP contribution in [0.2, 0.25) is 5.02 Å². The van der Waals surface area contributed by atoms with Gasteiger partial charge in [-0.1, -0.05) is 48.0 Å². The second-order valence-electron chi connectivity index (χ2n) is 7.62. The Morgan fingerprint density at radius 3 is 2.24 bits per heavy atom. The summed E-state index contributed by atoms with van der Waals surface area (Å²) >= 11 is 6.28. The highest BCUT2D eigenvalue weighted by Crippen LogP contribution is 2.44. The predicted octanol–water partition coefficient (Wildman–Crippen LogP) is 4.87. The molecule has 0 fully saturated rings. The van der Waals surface area contributed by atoms with E-state index in [0.29, 0.717) is 33.2 Å². The molecule has 0 spiro atoms. The van der Waals surface area contributed by atoms with Crippen LogP contribution in [0.5, 0.6) is 0 Å². The Bertz CT molecular complexity index is 1420. The fraction of sp³-hybridized carbons (Fsp3) is 0.120. The number of carbonyl (C=O) groups excluding carboxylic acids is 2. The highest BCUT2D eigenvalue weighted by molar-refractivity contribution is 7.97. The summed E-state index contributed by atoms with van der Waals surface area (Å²) in [5.74, 6) is -1.05. The third-order valence-corrected chi connectivity index (χ3v) is 7.44. The van der Waals surface area contributed by atoms with E-state index in [1.807, 2.05) is 6.07 Å². The average molecular weight is 496 g/mol. The number of amides is 2. The number of carbonyl (C=O) groups is 2. The molecule has 4 rings (SSSR count). The normalized spacial score (nSPS) is 14.4. The van der Waals surface area contributed by atoms with Crippen molar-refractivity contribution in [1.29, 1.82) is 0 Å². The van der Waals surface area contributed by atoms with Crippen LogP contribution in [0.4, 0.5) is 17.1 Å². The predicted molar refractivity (Wildman–Crippen MR) is 135 cm³/mol. The van der Waals surface area contributed by atoms with Crippen molar-refractivity contribution in [2.24, 2.45) is 0 Å². The fourth-order valence-electron chi connectivity index (χ4n) is 3.95. The minimum Gasteiger partial charge on any atom is -0.326 e. The average Bonchev–Trinajstić information content (AvgIpc) is 2.78. The monoisotopic (exact) mass is 495 g/mol. The molecule has 7 nitrogen and oxygen atoms in total. The lowest BCUT2D eigenvalue weighted by Gasteiger charge is -2.33. The first-order chi connectivity index (χ1) is 16.2. The van der Waals surface area contributed by atoms with Gasteiger partial charge in [0, 0.05) is 41.0 Å². The van der Waals surface area contributed by atoms with Crippen LogP contribution in [0.25, 0.3) is 5.57 Å². The first-order valence-electron chi connectivity index (χ1n) is 10.5. The minimum absolute atomic E-state index is 0.133. The van der Waals surface area contributed by atoms with Crippen LogP contribution in [0, 0.1) is 0 Å². The summed E-state index contributed by atoms with van der Waals surface area (Å²) < 4.78 is 28.7. The molecule has 0 aliphatic carbocycles. The third kappa shape index (κ3) is 4.42. The molecule has 0 radical (unpaired) electrons. The Morgan fingerprint density at radius 1 is 0.912 bits per heavy atom. The molecule has 2 amide bonds. The summed E-state index contributed by atoms with van der Waals surface area (Å²) in [7, 11) is -4.20. The number of hydrogen-bond acceptors (Lipinski definition) is 4.